The van der Waals surface area contributed by atoms with Crippen LogP contribution < -0.4 is 10.2 Å². The summed E-state index contributed by atoms with van der Waals surface area (Å²) in [5, 5.41) is 3.47. The molecule has 2 rings (SSSR count). The highest BCUT2D eigenvalue weighted by Gasteiger charge is 2.22. The van der Waals surface area contributed by atoms with Crippen LogP contribution in [-0.2, 0) is 0 Å². The second kappa shape index (κ2) is 9.66. The molecule has 0 spiro atoms. The third kappa shape index (κ3) is 6.09. The molecule has 0 aliphatic carbocycles. The molecule has 0 amide bonds. The first kappa shape index (κ1) is 20.4. The van der Waals surface area contributed by atoms with Crippen molar-refractivity contribution in [3.63, 3.8) is 0 Å². The summed E-state index contributed by atoms with van der Waals surface area (Å²) in [5.74, 6) is 1.41. The molecule has 0 saturated heterocycles. The molecule has 2 atom stereocenters. The van der Waals surface area contributed by atoms with Gasteiger partial charge < -0.3 is 10.2 Å². The molecule has 2 unspecified atom stereocenters. The minimum Gasteiger partial charge on any atom is -0.366 e. The monoisotopic (exact) mass is 352 g/mol. The Morgan fingerprint density at radius 1 is 0.654 bits per heavy atom. The Morgan fingerprint density at radius 2 is 1.12 bits per heavy atom. The number of hydrogen-bond donors (Lipinski definition) is 1. The Labute approximate surface area is 160 Å². The van der Waals surface area contributed by atoms with Crippen molar-refractivity contribution in [3.8, 4) is 0 Å². The standard InChI is InChI=1S/C24H36N2/c1-18(2)16-20(5)26(21(6)17-19(3)4)24-14-12-23(13-15-24)25-22-10-8-7-9-11-22/h7-15,18-21,25H,16-17H2,1-6H3. The highest BCUT2D eigenvalue weighted by Crippen LogP contribution is 2.28. The molecule has 0 saturated carbocycles. The van der Waals surface area contributed by atoms with Crippen molar-refractivity contribution in [3.05, 3.63) is 54.6 Å². The van der Waals surface area contributed by atoms with Crippen molar-refractivity contribution < 1.29 is 0 Å². The summed E-state index contributed by atoms with van der Waals surface area (Å²) in [6.45, 7) is 14.0. The Bertz CT molecular complexity index is 615. The molecule has 1 N–H and O–H groups in total. The van der Waals surface area contributed by atoms with Crippen molar-refractivity contribution in [1.29, 1.82) is 0 Å². The summed E-state index contributed by atoms with van der Waals surface area (Å²) >= 11 is 0. The van der Waals surface area contributed by atoms with Crippen LogP contribution >= 0.6 is 0 Å². The van der Waals surface area contributed by atoms with Crippen LogP contribution in [0.3, 0.4) is 0 Å². The van der Waals surface area contributed by atoms with Gasteiger partial charge in [0.15, 0.2) is 0 Å². The topological polar surface area (TPSA) is 15.3 Å². The van der Waals surface area contributed by atoms with Crippen molar-refractivity contribution in [2.45, 2.75) is 66.5 Å². The van der Waals surface area contributed by atoms with Crippen molar-refractivity contribution >= 4 is 17.1 Å². The fourth-order valence-electron chi connectivity index (χ4n) is 3.94. The van der Waals surface area contributed by atoms with E-state index in [1.54, 1.807) is 0 Å². The lowest BCUT2D eigenvalue weighted by molar-refractivity contribution is 0.418. The lowest BCUT2D eigenvalue weighted by Gasteiger charge is -2.38. The number of hydrogen-bond acceptors (Lipinski definition) is 2. The Balaban J connectivity index is 2.18. The number of nitrogens with zero attached hydrogens (tertiary/aromatic N) is 1. The Hall–Kier alpha value is -1.96. The molecule has 2 heteroatoms. The average molecular weight is 353 g/mol. The van der Waals surface area contributed by atoms with E-state index in [0.717, 1.165) is 11.4 Å². The van der Waals surface area contributed by atoms with Gasteiger partial charge in [-0.1, -0.05) is 45.9 Å². The van der Waals surface area contributed by atoms with Gasteiger partial charge in [-0.25, -0.2) is 0 Å². The molecular formula is C24H36N2. The van der Waals surface area contributed by atoms with Gasteiger partial charge in [0, 0.05) is 29.1 Å². The Morgan fingerprint density at radius 3 is 1.58 bits per heavy atom. The molecule has 0 heterocycles. The van der Waals surface area contributed by atoms with E-state index in [9.17, 15) is 0 Å². The van der Waals surface area contributed by atoms with E-state index in [-0.39, 0.29) is 0 Å². The van der Waals surface area contributed by atoms with Gasteiger partial charge in [0.2, 0.25) is 0 Å². The van der Waals surface area contributed by atoms with Crippen LogP contribution in [0.25, 0.3) is 0 Å². The maximum atomic E-state index is 3.47. The van der Waals surface area contributed by atoms with E-state index < -0.39 is 0 Å². The molecule has 0 aliphatic rings. The number of para-hydroxylation sites is 1. The normalized spacial score (nSPS) is 13.7. The van der Waals surface area contributed by atoms with Crippen molar-refractivity contribution in [2.24, 2.45) is 11.8 Å². The summed E-state index contributed by atoms with van der Waals surface area (Å²) in [6.07, 6.45) is 2.43. The molecule has 0 aromatic heterocycles. The zero-order valence-electron chi connectivity index (χ0n) is 17.4. The fourth-order valence-corrected chi connectivity index (χ4v) is 3.94. The molecule has 26 heavy (non-hydrogen) atoms. The highest BCUT2D eigenvalue weighted by molar-refractivity contribution is 5.63. The first-order valence-corrected chi connectivity index (χ1v) is 10.1. The molecule has 142 valence electrons. The van der Waals surface area contributed by atoms with E-state index >= 15 is 0 Å². The summed E-state index contributed by atoms with van der Waals surface area (Å²) in [6, 6.07) is 20.3. The number of rotatable bonds is 9. The van der Waals surface area contributed by atoms with Crippen LogP contribution in [0.4, 0.5) is 17.1 Å². The molecule has 2 aromatic rings. The third-order valence-corrected chi connectivity index (χ3v) is 4.80. The number of nitrogens with one attached hydrogen (secondary N) is 1. The van der Waals surface area contributed by atoms with Crippen LogP contribution in [0, 0.1) is 11.8 Å². The van der Waals surface area contributed by atoms with E-state index in [4.69, 9.17) is 0 Å². The minimum atomic E-state index is 0.539. The van der Waals surface area contributed by atoms with Gasteiger partial charge in [-0.3, -0.25) is 0 Å². The maximum absolute atomic E-state index is 3.47. The van der Waals surface area contributed by atoms with Gasteiger partial charge in [0.1, 0.15) is 0 Å². The average Bonchev–Trinajstić information content (AvgIpc) is 2.56. The molecule has 2 nitrogen and oxygen atoms in total. The van der Waals surface area contributed by atoms with Gasteiger partial charge in [0.05, 0.1) is 0 Å². The second-order valence-corrected chi connectivity index (χ2v) is 8.40. The van der Waals surface area contributed by atoms with Crippen LogP contribution in [0.2, 0.25) is 0 Å². The summed E-state index contributed by atoms with van der Waals surface area (Å²) in [7, 11) is 0. The Kier molecular flexibility index (Phi) is 7.56. The molecule has 2 aromatic carbocycles. The van der Waals surface area contributed by atoms with Crippen LogP contribution in [0.1, 0.15) is 54.4 Å². The van der Waals surface area contributed by atoms with Crippen LogP contribution in [0.15, 0.2) is 54.6 Å². The molecule has 0 aliphatic heterocycles. The van der Waals surface area contributed by atoms with Gasteiger partial charge in [-0.05, 0) is 74.9 Å². The molecule has 0 radical (unpaired) electrons. The largest absolute Gasteiger partial charge is 0.366 e. The molecule has 0 fully saturated rings. The van der Waals surface area contributed by atoms with E-state index in [1.807, 2.05) is 6.07 Å². The number of anilines is 3. The number of benzene rings is 2. The maximum Gasteiger partial charge on any atom is 0.0385 e. The van der Waals surface area contributed by atoms with Gasteiger partial charge in [-0.15, -0.1) is 0 Å². The predicted octanol–water partition coefficient (Wildman–Crippen LogP) is 7.11. The van der Waals surface area contributed by atoms with Crippen molar-refractivity contribution in [2.75, 3.05) is 10.2 Å². The molecular weight excluding hydrogens is 316 g/mol. The fraction of sp³-hybridized carbons (Fsp3) is 0.500. The first-order valence-electron chi connectivity index (χ1n) is 10.1. The summed E-state index contributed by atoms with van der Waals surface area (Å²) < 4.78 is 0. The van der Waals surface area contributed by atoms with E-state index in [0.29, 0.717) is 23.9 Å². The lowest BCUT2D eigenvalue weighted by atomic mass is 9.97. The third-order valence-electron chi connectivity index (χ3n) is 4.80. The highest BCUT2D eigenvalue weighted by atomic mass is 15.2. The van der Waals surface area contributed by atoms with E-state index in [2.05, 4.69) is 100 Å². The lowest BCUT2D eigenvalue weighted by Crippen LogP contribution is -2.41. The summed E-state index contributed by atoms with van der Waals surface area (Å²) in [5.41, 5.74) is 3.58. The predicted molar refractivity (Wildman–Crippen MR) is 116 cm³/mol. The minimum absolute atomic E-state index is 0.539. The first-order chi connectivity index (χ1) is 12.4. The second-order valence-electron chi connectivity index (χ2n) is 8.40. The van der Waals surface area contributed by atoms with E-state index in [1.165, 1.54) is 18.5 Å². The zero-order chi connectivity index (χ0) is 19.1. The van der Waals surface area contributed by atoms with Gasteiger partial charge in [-0.2, -0.15) is 0 Å². The quantitative estimate of drug-likeness (QED) is 0.517. The van der Waals surface area contributed by atoms with Crippen LogP contribution in [-0.4, -0.2) is 12.1 Å². The van der Waals surface area contributed by atoms with Gasteiger partial charge >= 0.3 is 0 Å². The SMILES string of the molecule is CC(C)CC(C)N(c1ccc(Nc2ccccc2)cc1)C(C)CC(C)C. The van der Waals surface area contributed by atoms with Crippen LogP contribution in [0.5, 0.6) is 0 Å². The summed E-state index contributed by atoms with van der Waals surface area (Å²) in [4.78, 5) is 2.62. The van der Waals surface area contributed by atoms with Crippen molar-refractivity contribution in [1.82, 2.24) is 0 Å². The smallest absolute Gasteiger partial charge is 0.0385 e. The van der Waals surface area contributed by atoms with Gasteiger partial charge in [0.25, 0.3) is 0 Å². The zero-order valence-corrected chi connectivity index (χ0v) is 17.4. The molecule has 0 bridgehead atoms.